The van der Waals surface area contributed by atoms with Crippen molar-refractivity contribution in [2.45, 2.75) is 37.7 Å². The molecule has 0 radical (unpaired) electrons. The van der Waals surface area contributed by atoms with E-state index in [-0.39, 0.29) is 6.61 Å². The van der Waals surface area contributed by atoms with Gasteiger partial charge in [-0.1, -0.05) is 6.92 Å². The SMILES string of the molecule is CCCN1C[C@H](O)[C@@H](O)[C@H](O)[C@H]1CO. The number of rotatable bonds is 3. The van der Waals surface area contributed by atoms with Gasteiger partial charge in [0.2, 0.25) is 0 Å². The Morgan fingerprint density at radius 3 is 2.36 bits per heavy atom. The van der Waals surface area contributed by atoms with Crippen molar-refractivity contribution in [2.24, 2.45) is 0 Å². The molecule has 1 rings (SSSR count). The molecule has 1 aliphatic heterocycles. The van der Waals surface area contributed by atoms with E-state index < -0.39 is 24.4 Å². The second-order valence-electron chi connectivity index (χ2n) is 3.79. The number of hydrogen-bond donors (Lipinski definition) is 4. The Balaban J connectivity index is 2.66. The molecule has 5 nitrogen and oxygen atoms in total. The molecule has 1 heterocycles. The number of hydrogen-bond acceptors (Lipinski definition) is 5. The lowest BCUT2D eigenvalue weighted by atomic mass is 9.94. The van der Waals surface area contributed by atoms with Crippen LogP contribution >= 0.6 is 0 Å². The molecule has 14 heavy (non-hydrogen) atoms. The lowest BCUT2D eigenvalue weighted by Gasteiger charge is -2.43. The van der Waals surface area contributed by atoms with Gasteiger partial charge in [0.15, 0.2) is 0 Å². The number of β-amino-alcohol motifs (C(OH)–C–C–N with tert-alkyl or cyclic N) is 1. The molecule has 0 spiro atoms. The van der Waals surface area contributed by atoms with Crippen LogP contribution in [0.3, 0.4) is 0 Å². The van der Waals surface area contributed by atoms with Gasteiger partial charge in [0, 0.05) is 6.54 Å². The molecule has 0 saturated carbocycles. The van der Waals surface area contributed by atoms with Gasteiger partial charge in [-0.2, -0.15) is 0 Å². The molecular weight excluding hydrogens is 186 g/mol. The van der Waals surface area contributed by atoms with E-state index in [1.54, 1.807) is 0 Å². The van der Waals surface area contributed by atoms with E-state index in [0.717, 1.165) is 6.42 Å². The molecular formula is C9H19NO4. The Kier molecular flexibility index (Phi) is 4.28. The molecule has 0 unspecified atom stereocenters. The molecule has 0 aromatic heterocycles. The fourth-order valence-electron chi connectivity index (χ4n) is 1.92. The molecule has 4 atom stereocenters. The molecule has 0 bridgehead atoms. The zero-order valence-corrected chi connectivity index (χ0v) is 8.37. The lowest BCUT2D eigenvalue weighted by molar-refractivity contribution is -0.144. The topological polar surface area (TPSA) is 84.2 Å². The van der Waals surface area contributed by atoms with Crippen LogP contribution in [0.1, 0.15) is 13.3 Å². The van der Waals surface area contributed by atoms with E-state index in [1.807, 2.05) is 11.8 Å². The maximum absolute atomic E-state index is 9.59. The average Bonchev–Trinajstić information content (AvgIpc) is 2.16. The minimum atomic E-state index is -1.15. The van der Waals surface area contributed by atoms with Crippen molar-refractivity contribution in [3.05, 3.63) is 0 Å². The van der Waals surface area contributed by atoms with Crippen LogP contribution in [-0.2, 0) is 0 Å². The lowest BCUT2D eigenvalue weighted by Crippen LogP contribution is -2.62. The summed E-state index contributed by atoms with van der Waals surface area (Å²) in [5, 5.41) is 37.5. The van der Waals surface area contributed by atoms with Crippen LogP contribution in [0, 0.1) is 0 Å². The molecule has 1 saturated heterocycles. The Labute approximate surface area is 83.6 Å². The Morgan fingerprint density at radius 2 is 1.86 bits per heavy atom. The summed E-state index contributed by atoms with van der Waals surface area (Å²) < 4.78 is 0. The van der Waals surface area contributed by atoms with Crippen LogP contribution in [0.25, 0.3) is 0 Å². The van der Waals surface area contributed by atoms with Crippen molar-refractivity contribution < 1.29 is 20.4 Å². The second-order valence-corrected chi connectivity index (χ2v) is 3.79. The molecule has 0 aromatic rings. The van der Waals surface area contributed by atoms with Crippen LogP contribution in [0.4, 0.5) is 0 Å². The van der Waals surface area contributed by atoms with Gasteiger partial charge >= 0.3 is 0 Å². The second kappa shape index (κ2) is 5.04. The van der Waals surface area contributed by atoms with E-state index in [1.165, 1.54) is 0 Å². The van der Waals surface area contributed by atoms with E-state index in [2.05, 4.69) is 0 Å². The van der Waals surface area contributed by atoms with Gasteiger partial charge in [0.05, 0.1) is 18.8 Å². The highest BCUT2D eigenvalue weighted by atomic mass is 16.4. The van der Waals surface area contributed by atoms with E-state index in [9.17, 15) is 15.3 Å². The molecule has 0 aromatic carbocycles. The zero-order chi connectivity index (χ0) is 10.7. The zero-order valence-electron chi connectivity index (χ0n) is 8.37. The molecule has 1 fully saturated rings. The van der Waals surface area contributed by atoms with Crippen LogP contribution in [0.15, 0.2) is 0 Å². The molecule has 0 aliphatic carbocycles. The van der Waals surface area contributed by atoms with Crippen molar-refractivity contribution in [2.75, 3.05) is 19.7 Å². The number of aliphatic hydroxyl groups is 4. The smallest absolute Gasteiger partial charge is 0.109 e. The van der Waals surface area contributed by atoms with Gasteiger partial charge in [0.25, 0.3) is 0 Å². The first-order valence-electron chi connectivity index (χ1n) is 5.01. The summed E-state index contributed by atoms with van der Waals surface area (Å²) in [6.45, 7) is 2.78. The first-order chi connectivity index (χ1) is 6.61. The van der Waals surface area contributed by atoms with Crippen molar-refractivity contribution in [1.29, 1.82) is 0 Å². The van der Waals surface area contributed by atoms with E-state index in [4.69, 9.17) is 5.11 Å². The maximum Gasteiger partial charge on any atom is 0.109 e. The van der Waals surface area contributed by atoms with E-state index in [0.29, 0.717) is 13.1 Å². The van der Waals surface area contributed by atoms with Crippen LogP contribution in [-0.4, -0.2) is 69.4 Å². The van der Waals surface area contributed by atoms with Gasteiger partial charge in [-0.05, 0) is 13.0 Å². The summed E-state index contributed by atoms with van der Waals surface area (Å²) in [6.07, 6.45) is -2.28. The highest BCUT2D eigenvalue weighted by Gasteiger charge is 2.40. The summed E-state index contributed by atoms with van der Waals surface area (Å²) in [4.78, 5) is 1.81. The standard InChI is InChI=1S/C9H19NO4/c1-2-3-10-4-7(12)9(14)8(13)6(10)5-11/h6-9,11-14H,2-5H2,1H3/t6-,7+,8-,9-/m1/s1. The highest BCUT2D eigenvalue weighted by molar-refractivity contribution is 4.93. The summed E-state index contributed by atoms with van der Waals surface area (Å²) in [6, 6.07) is -0.464. The number of likely N-dealkylation sites (tertiary alicyclic amines) is 1. The molecule has 0 amide bonds. The number of nitrogens with zero attached hydrogens (tertiary/aromatic N) is 1. The van der Waals surface area contributed by atoms with Gasteiger partial charge < -0.3 is 20.4 Å². The van der Waals surface area contributed by atoms with Crippen molar-refractivity contribution in [3.63, 3.8) is 0 Å². The predicted octanol–water partition coefficient (Wildman–Crippen LogP) is -1.84. The fraction of sp³-hybridized carbons (Fsp3) is 1.00. The normalized spacial score (nSPS) is 40.1. The minimum absolute atomic E-state index is 0.203. The van der Waals surface area contributed by atoms with Crippen LogP contribution in [0.2, 0.25) is 0 Å². The first kappa shape index (κ1) is 11.9. The minimum Gasteiger partial charge on any atom is -0.395 e. The molecule has 5 heteroatoms. The van der Waals surface area contributed by atoms with Gasteiger partial charge in [0.1, 0.15) is 12.2 Å². The third-order valence-corrected chi connectivity index (χ3v) is 2.73. The van der Waals surface area contributed by atoms with Gasteiger partial charge in [-0.15, -0.1) is 0 Å². The highest BCUT2D eigenvalue weighted by Crippen LogP contribution is 2.18. The first-order valence-corrected chi connectivity index (χ1v) is 5.01. The van der Waals surface area contributed by atoms with Gasteiger partial charge in [-0.3, -0.25) is 4.90 Å². The molecule has 84 valence electrons. The predicted molar refractivity (Wildman–Crippen MR) is 50.8 cm³/mol. The molecule has 1 aliphatic rings. The van der Waals surface area contributed by atoms with Crippen molar-refractivity contribution in [3.8, 4) is 0 Å². The summed E-state index contributed by atoms with van der Waals surface area (Å²) in [5.74, 6) is 0. The summed E-state index contributed by atoms with van der Waals surface area (Å²) >= 11 is 0. The Bertz CT molecular complexity index is 178. The summed E-state index contributed by atoms with van der Waals surface area (Å²) in [5.41, 5.74) is 0. The van der Waals surface area contributed by atoms with Gasteiger partial charge in [-0.25, -0.2) is 0 Å². The fourth-order valence-corrected chi connectivity index (χ4v) is 1.92. The van der Waals surface area contributed by atoms with Crippen molar-refractivity contribution in [1.82, 2.24) is 4.90 Å². The van der Waals surface area contributed by atoms with E-state index >= 15 is 0 Å². The number of piperidine rings is 1. The maximum atomic E-state index is 9.59. The monoisotopic (exact) mass is 205 g/mol. The van der Waals surface area contributed by atoms with Crippen molar-refractivity contribution >= 4 is 0 Å². The Morgan fingerprint density at radius 1 is 1.21 bits per heavy atom. The third kappa shape index (κ3) is 2.24. The third-order valence-electron chi connectivity index (χ3n) is 2.73. The largest absolute Gasteiger partial charge is 0.395 e. The average molecular weight is 205 g/mol. The Hall–Kier alpha value is -0.200. The van der Waals surface area contributed by atoms with Crippen LogP contribution in [0.5, 0.6) is 0 Å². The summed E-state index contributed by atoms with van der Waals surface area (Å²) in [7, 11) is 0. The quantitative estimate of drug-likeness (QED) is 0.435. The molecule has 4 N–H and O–H groups in total. The number of aliphatic hydroxyl groups excluding tert-OH is 4. The van der Waals surface area contributed by atoms with Crippen LogP contribution < -0.4 is 0 Å².